The SMILES string of the molecule is COCCNc1cc(NC(=O)N2CCCc3cc(CN4CCCN(C)CC4=O)c(C=O)nc32)ncc1C#N. The second kappa shape index (κ2) is 12.4. The molecule has 2 aromatic heterocycles. The summed E-state index contributed by atoms with van der Waals surface area (Å²) in [6.07, 6.45) is 4.36. The molecule has 2 N–H and O–H groups in total. The number of aromatic nitrogens is 2. The van der Waals surface area contributed by atoms with E-state index >= 15 is 0 Å². The molecule has 4 rings (SSSR count). The van der Waals surface area contributed by atoms with Crippen LogP contribution < -0.4 is 15.5 Å². The van der Waals surface area contributed by atoms with Crippen LogP contribution in [0.25, 0.3) is 0 Å². The Morgan fingerprint density at radius 3 is 2.87 bits per heavy atom. The van der Waals surface area contributed by atoms with Crippen LogP contribution in [0, 0.1) is 11.3 Å². The van der Waals surface area contributed by atoms with E-state index < -0.39 is 6.03 Å². The molecule has 200 valence electrons. The number of aryl methyl sites for hydroxylation is 1. The number of rotatable bonds is 8. The number of fused-ring (bicyclic) bond motifs is 1. The number of hydrogen-bond donors (Lipinski definition) is 2. The third-order valence-corrected chi connectivity index (χ3v) is 6.60. The van der Waals surface area contributed by atoms with Gasteiger partial charge in [-0.25, -0.2) is 14.8 Å². The van der Waals surface area contributed by atoms with Crippen LogP contribution in [0.2, 0.25) is 0 Å². The molecule has 0 radical (unpaired) electrons. The predicted octanol–water partition coefficient (Wildman–Crippen LogP) is 1.87. The number of carbonyl (C=O) groups excluding carboxylic acids is 3. The standard InChI is InChI=1S/C26H32N8O4/c1-32-7-4-8-33(24(36)16-32)15-19-11-18-5-3-9-34(25(18)30-22(19)17-35)26(37)31-23-12-21(28-6-10-38-2)20(13-27)14-29-23/h11-12,14,17H,3-10,15-16H2,1-2H3,(H2,28,29,31,37). The predicted molar refractivity (Wildman–Crippen MR) is 141 cm³/mol. The van der Waals surface area contributed by atoms with Gasteiger partial charge in [0.05, 0.1) is 24.4 Å². The number of pyridine rings is 2. The van der Waals surface area contributed by atoms with Gasteiger partial charge >= 0.3 is 6.03 Å². The fourth-order valence-electron chi connectivity index (χ4n) is 4.65. The maximum atomic E-state index is 13.3. The van der Waals surface area contributed by atoms with Crippen LogP contribution in [-0.2, 0) is 22.5 Å². The van der Waals surface area contributed by atoms with Crippen molar-refractivity contribution in [2.45, 2.75) is 25.8 Å². The van der Waals surface area contributed by atoms with Crippen molar-refractivity contribution in [3.8, 4) is 6.07 Å². The summed E-state index contributed by atoms with van der Waals surface area (Å²) >= 11 is 0. The summed E-state index contributed by atoms with van der Waals surface area (Å²) in [5.41, 5.74) is 2.63. The molecule has 0 aliphatic carbocycles. The van der Waals surface area contributed by atoms with Crippen molar-refractivity contribution in [3.63, 3.8) is 0 Å². The molecule has 3 amide bonds. The van der Waals surface area contributed by atoms with Gasteiger partial charge in [0.25, 0.3) is 0 Å². The molecular formula is C26H32N8O4. The number of anilines is 3. The quantitative estimate of drug-likeness (QED) is 0.394. The van der Waals surface area contributed by atoms with Gasteiger partial charge in [0.2, 0.25) is 5.91 Å². The summed E-state index contributed by atoms with van der Waals surface area (Å²) in [6, 6.07) is 5.13. The molecule has 0 unspecified atom stereocenters. The Morgan fingerprint density at radius 2 is 2.11 bits per heavy atom. The van der Waals surface area contributed by atoms with Crippen molar-refractivity contribution < 1.29 is 19.1 Å². The Kier molecular flexibility index (Phi) is 8.83. The summed E-state index contributed by atoms with van der Waals surface area (Å²) in [5, 5.41) is 15.2. The van der Waals surface area contributed by atoms with Crippen molar-refractivity contribution in [2.75, 3.05) is 69.0 Å². The molecule has 2 aliphatic rings. The zero-order chi connectivity index (χ0) is 27.1. The van der Waals surface area contributed by atoms with E-state index in [4.69, 9.17) is 4.74 Å². The molecule has 12 nitrogen and oxygen atoms in total. The molecule has 12 heteroatoms. The van der Waals surface area contributed by atoms with Crippen LogP contribution in [0.1, 0.15) is 40.0 Å². The number of amides is 3. The van der Waals surface area contributed by atoms with Crippen molar-refractivity contribution in [1.82, 2.24) is 19.8 Å². The smallest absolute Gasteiger partial charge is 0.328 e. The van der Waals surface area contributed by atoms with Crippen LogP contribution in [0.3, 0.4) is 0 Å². The summed E-state index contributed by atoms with van der Waals surface area (Å²) in [6.45, 7) is 3.48. The fourth-order valence-corrected chi connectivity index (χ4v) is 4.65. The third-order valence-electron chi connectivity index (χ3n) is 6.60. The average Bonchev–Trinajstić information content (AvgIpc) is 3.07. The second-order valence-corrected chi connectivity index (χ2v) is 9.37. The number of methoxy groups -OCH3 is 1. The van der Waals surface area contributed by atoms with E-state index in [1.54, 1.807) is 18.1 Å². The maximum Gasteiger partial charge on any atom is 0.328 e. The molecule has 0 saturated carbocycles. The Hall–Kier alpha value is -4.08. The molecule has 2 aliphatic heterocycles. The molecule has 38 heavy (non-hydrogen) atoms. The normalized spacial score (nSPS) is 15.9. The molecular weight excluding hydrogens is 488 g/mol. The minimum atomic E-state index is -0.436. The van der Waals surface area contributed by atoms with E-state index in [9.17, 15) is 19.6 Å². The van der Waals surface area contributed by atoms with Crippen molar-refractivity contribution in [1.29, 1.82) is 5.26 Å². The summed E-state index contributed by atoms with van der Waals surface area (Å²) in [7, 11) is 3.51. The van der Waals surface area contributed by atoms with Crippen molar-refractivity contribution in [3.05, 3.63) is 40.7 Å². The van der Waals surface area contributed by atoms with Gasteiger partial charge in [-0.05, 0) is 37.9 Å². The molecule has 2 aromatic rings. The van der Waals surface area contributed by atoms with Gasteiger partial charge in [0.15, 0.2) is 6.29 Å². The van der Waals surface area contributed by atoms with E-state index in [0.717, 1.165) is 24.9 Å². The lowest BCUT2D eigenvalue weighted by Gasteiger charge is -2.30. The lowest BCUT2D eigenvalue weighted by atomic mass is 10.0. The number of ether oxygens (including phenoxy) is 1. The van der Waals surface area contributed by atoms with Crippen LogP contribution >= 0.6 is 0 Å². The maximum absolute atomic E-state index is 13.3. The Labute approximate surface area is 221 Å². The molecule has 1 saturated heterocycles. The number of hydrogen-bond acceptors (Lipinski definition) is 9. The summed E-state index contributed by atoms with van der Waals surface area (Å²) < 4.78 is 5.04. The summed E-state index contributed by atoms with van der Waals surface area (Å²) in [5.74, 6) is 0.720. The van der Waals surface area contributed by atoms with Crippen LogP contribution in [-0.4, -0.2) is 91.5 Å². The highest BCUT2D eigenvalue weighted by molar-refractivity contribution is 6.01. The van der Waals surface area contributed by atoms with E-state index in [2.05, 4.69) is 26.7 Å². The summed E-state index contributed by atoms with van der Waals surface area (Å²) in [4.78, 5) is 51.9. The molecule has 0 atom stereocenters. The highest BCUT2D eigenvalue weighted by Crippen LogP contribution is 2.29. The number of nitrogens with zero attached hydrogens (tertiary/aromatic N) is 6. The first-order valence-corrected chi connectivity index (χ1v) is 12.6. The third kappa shape index (κ3) is 6.24. The number of carbonyl (C=O) groups is 3. The zero-order valence-electron chi connectivity index (χ0n) is 21.7. The lowest BCUT2D eigenvalue weighted by molar-refractivity contribution is -0.131. The van der Waals surface area contributed by atoms with Gasteiger partial charge in [-0.2, -0.15) is 5.26 Å². The monoisotopic (exact) mass is 520 g/mol. The van der Waals surface area contributed by atoms with Gasteiger partial charge in [-0.3, -0.25) is 24.7 Å². The zero-order valence-corrected chi connectivity index (χ0v) is 21.7. The topological polar surface area (TPSA) is 144 Å². The lowest BCUT2D eigenvalue weighted by Crippen LogP contribution is -2.40. The molecule has 0 bridgehead atoms. The van der Waals surface area contributed by atoms with Gasteiger partial charge < -0.3 is 15.0 Å². The highest BCUT2D eigenvalue weighted by Gasteiger charge is 2.28. The van der Waals surface area contributed by atoms with E-state index in [-0.39, 0.29) is 17.4 Å². The van der Waals surface area contributed by atoms with Gasteiger partial charge in [-0.1, -0.05) is 0 Å². The minimum absolute atomic E-state index is 0.0200. The van der Waals surface area contributed by atoms with Gasteiger partial charge in [0, 0.05) is 57.7 Å². The largest absolute Gasteiger partial charge is 0.383 e. The van der Waals surface area contributed by atoms with Crippen LogP contribution in [0.15, 0.2) is 18.3 Å². The first-order chi connectivity index (χ1) is 18.4. The Morgan fingerprint density at radius 1 is 1.26 bits per heavy atom. The highest BCUT2D eigenvalue weighted by atomic mass is 16.5. The number of nitrogens with one attached hydrogen (secondary N) is 2. The molecule has 4 heterocycles. The number of likely N-dealkylation sites (N-methyl/N-ethyl adjacent to an activating group) is 1. The molecule has 1 fully saturated rings. The second-order valence-electron chi connectivity index (χ2n) is 9.37. The first kappa shape index (κ1) is 27.0. The van der Waals surface area contributed by atoms with Crippen LogP contribution in [0.4, 0.5) is 22.1 Å². The minimum Gasteiger partial charge on any atom is -0.383 e. The Bertz CT molecular complexity index is 1240. The van der Waals surface area contributed by atoms with E-state index in [1.165, 1.54) is 11.1 Å². The van der Waals surface area contributed by atoms with Crippen molar-refractivity contribution in [2.24, 2.45) is 0 Å². The van der Waals surface area contributed by atoms with Crippen molar-refractivity contribution >= 4 is 35.5 Å². The van der Waals surface area contributed by atoms with E-state index in [1.807, 2.05) is 18.0 Å². The number of nitriles is 1. The number of aldehydes is 1. The fraction of sp³-hybridized carbons (Fsp3) is 0.462. The Balaban J connectivity index is 1.54. The van der Waals surface area contributed by atoms with Crippen LogP contribution in [0.5, 0.6) is 0 Å². The van der Waals surface area contributed by atoms with Gasteiger partial charge in [-0.15, -0.1) is 0 Å². The molecule has 0 aromatic carbocycles. The first-order valence-electron chi connectivity index (χ1n) is 12.6. The van der Waals surface area contributed by atoms with Gasteiger partial charge in [0.1, 0.15) is 23.4 Å². The average molecular weight is 521 g/mol. The van der Waals surface area contributed by atoms with E-state index in [0.29, 0.717) is 74.7 Å². The molecule has 0 spiro atoms. The number of urea groups is 1.